The van der Waals surface area contributed by atoms with E-state index in [-0.39, 0.29) is 10.4 Å². The Morgan fingerprint density at radius 1 is 1.37 bits per heavy atom. The summed E-state index contributed by atoms with van der Waals surface area (Å²) in [7, 11) is -3.44. The summed E-state index contributed by atoms with van der Waals surface area (Å²) in [5.41, 5.74) is 7.22. The Bertz CT molecular complexity index is 565. The first-order valence-electron chi connectivity index (χ1n) is 6.54. The summed E-state index contributed by atoms with van der Waals surface area (Å²) >= 11 is 0. The maximum atomic E-state index is 12.0. The second kappa shape index (κ2) is 5.02. The molecule has 0 radical (unpaired) electrons. The summed E-state index contributed by atoms with van der Waals surface area (Å²) in [6, 6.07) is 4.77. The highest BCUT2D eigenvalue weighted by molar-refractivity contribution is 7.89. The fourth-order valence-corrected chi connectivity index (χ4v) is 3.31. The molecule has 4 N–H and O–H groups in total. The van der Waals surface area contributed by atoms with Crippen molar-refractivity contribution in [1.29, 1.82) is 0 Å². The first-order chi connectivity index (χ1) is 8.86. The van der Waals surface area contributed by atoms with E-state index in [1.165, 1.54) is 12.5 Å². The number of benzene rings is 1. The highest BCUT2D eigenvalue weighted by atomic mass is 32.2. The van der Waals surface area contributed by atoms with Gasteiger partial charge in [0, 0.05) is 12.1 Å². The highest BCUT2D eigenvalue weighted by Crippen LogP contribution is 2.36. The first kappa shape index (κ1) is 14.1. The van der Waals surface area contributed by atoms with Crippen LogP contribution in [0.3, 0.4) is 0 Å². The third-order valence-corrected chi connectivity index (χ3v) is 5.11. The Labute approximate surface area is 114 Å². The average Bonchev–Trinajstić information content (AvgIpc) is 2.29. The van der Waals surface area contributed by atoms with Crippen LogP contribution in [-0.4, -0.2) is 20.5 Å². The van der Waals surface area contributed by atoms with Gasteiger partial charge >= 0.3 is 0 Å². The molecule has 106 valence electrons. The Morgan fingerprint density at radius 2 is 2.05 bits per heavy atom. The lowest BCUT2D eigenvalue weighted by Gasteiger charge is -2.40. The van der Waals surface area contributed by atoms with Crippen LogP contribution in [0.15, 0.2) is 23.1 Å². The lowest BCUT2D eigenvalue weighted by Crippen LogP contribution is -2.41. The molecule has 0 unspecified atom stereocenters. The quantitative estimate of drug-likeness (QED) is 0.721. The Balaban J connectivity index is 2.29. The van der Waals surface area contributed by atoms with Crippen molar-refractivity contribution in [3.05, 3.63) is 18.2 Å². The van der Waals surface area contributed by atoms with Crippen molar-refractivity contribution >= 4 is 21.4 Å². The summed E-state index contributed by atoms with van der Waals surface area (Å²) in [4.78, 5) is 0.244. The maximum absolute atomic E-state index is 12.0. The standard InChI is InChI=1S/C13H21N3O2S/c1-3-15-19(17,18)10-5-6-11(14)12(9-10)16-13(2)7-4-8-13/h5-6,9,15-16H,3-4,7-8,14H2,1-2H3. The van der Waals surface area contributed by atoms with E-state index < -0.39 is 10.0 Å². The van der Waals surface area contributed by atoms with E-state index in [2.05, 4.69) is 17.0 Å². The minimum Gasteiger partial charge on any atom is -0.397 e. The molecule has 0 bridgehead atoms. The fourth-order valence-electron chi connectivity index (χ4n) is 2.24. The number of nitrogen functional groups attached to an aromatic ring is 1. The highest BCUT2D eigenvalue weighted by Gasteiger charge is 2.32. The van der Waals surface area contributed by atoms with Crippen LogP contribution in [0, 0.1) is 0 Å². The van der Waals surface area contributed by atoms with Crippen molar-refractivity contribution in [3.63, 3.8) is 0 Å². The number of hydrogen-bond acceptors (Lipinski definition) is 4. The molecule has 1 aromatic rings. The summed E-state index contributed by atoms with van der Waals surface area (Å²) in [6.45, 7) is 4.25. The van der Waals surface area contributed by atoms with E-state index >= 15 is 0 Å². The van der Waals surface area contributed by atoms with Crippen LogP contribution >= 0.6 is 0 Å². The van der Waals surface area contributed by atoms with E-state index in [4.69, 9.17) is 5.73 Å². The van der Waals surface area contributed by atoms with Crippen LogP contribution in [0.1, 0.15) is 33.1 Å². The topological polar surface area (TPSA) is 84.2 Å². The van der Waals surface area contributed by atoms with Gasteiger partial charge in [0.25, 0.3) is 0 Å². The van der Waals surface area contributed by atoms with Gasteiger partial charge in [-0.05, 0) is 44.4 Å². The van der Waals surface area contributed by atoms with Gasteiger partial charge in [-0.15, -0.1) is 0 Å². The average molecular weight is 283 g/mol. The second-order valence-electron chi connectivity index (χ2n) is 5.29. The minimum absolute atomic E-state index is 0.0364. The molecule has 0 aliphatic heterocycles. The third-order valence-electron chi connectivity index (χ3n) is 3.56. The molecule has 1 aromatic carbocycles. The van der Waals surface area contributed by atoms with E-state index in [0.29, 0.717) is 17.9 Å². The summed E-state index contributed by atoms with van der Waals surface area (Å²) in [5, 5.41) is 3.36. The van der Waals surface area contributed by atoms with Gasteiger partial charge in [0.1, 0.15) is 0 Å². The second-order valence-corrected chi connectivity index (χ2v) is 7.06. The van der Waals surface area contributed by atoms with E-state index in [1.54, 1.807) is 19.1 Å². The van der Waals surface area contributed by atoms with E-state index in [1.807, 2.05) is 0 Å². The van der Waals surface area contributed by atoms with Gasteiger partial charge in [-0.1, -0.05) is 6.92 Å². The largest absolute Gasteiger partial charge is 0.397 e. The maximum Gasteiger partial charge on any atom is 0.240 e. The lowest BCUT2D eigenvalue weighted by molar-refractivity contribution is 0.307. The molecule has 1 aliphatic carbocycles. The van der Waals surface area contributed by atoms with Crippen molar-refractivity contribution in [3.8, 4) is 0 Å². The molecule has 0 atom stereocenters. The normalized spacial score (nSPS) is 17.8. The van der Waals surface area contributed by atoms with Gasteiger partial charge < -0.3 is 11.1 Å². The summed E-state index contributed by atoms with van der Waals surface area (Å²) < 4.78 is 26.4. The molecular formula is C13H21N3O2S. The molecule has 19 heavy (non-hydrogen) atoms. The summed E-state index contributed by atoms with van der Waals surface area (Å²) in [6.07, 6.45) is 3.35. The number of hydrogen-bond donors (Lipinski definition) is 3. The number of sulfonamides is 1. The van der Waals surface area contributed by atoms with Crippen molar-refractivity contribution in [2.75, 3.05) is 17.6 Å². The third kappa shape index (κ3) is 3.01. The van der Waals surface area contributed by atoms with Crippen LogP contribution < -0.4 is 15.8 Å². The molecule has 1 fully saturated rings. The van der Waals surface area contributed by atoms with Crippen LogP contribution in [0.4, 0.5) is 11.4 Å². The van der Waals surface area contributed by atoms with Crippen LogP contribution in [0.5, 0.6) is 0 Å². The predicted molar refractivity (Wildman–Crippen MR) is 77.6 cm³/mol. The first-order valence-corrected chi connectivity index (χ1v) is 8.02. The van der Waals surface area contributed by atoms with Gasteiger partial charge in [-0.3, -0.25) is 0 Å². The fraction of sp³-hybridized carbons (Fsp3) is 0.538. The van der Waals surface area contributed by atoms with Gasteiger partial charge in [0.15, 0.2) is 0 Å². The summed E-state index contributed by atoms with van der Waals surface area (Å²) in [5.74, 6) is 0. The molecule has 2 rings (SSSR count). The van der Waals surface area contributed by atoms with Crippen LogP contribution in [-0.2, 0) is 10.0 Å². The van der Waals surface area contributed by atoms with Crippen molar-refractivity contribution in [2.45, 2.75) is 43.5 Å². The molecule has 6 heteroatoms. The Hall–Kier alpha value is -1.27. The molecule has 0 spiro atoms. The zero-order valence-corrected chi connectivity index (χ0v) is 12.2. The molecule has 0 aromatic heterocycles. The molecular weight excluding hydrogens is 262 g/mol. The lowest BCUT2D eigenvalue weighted by atomic mass is 9.78. The number of rotatable bonds is 5. The molecule has 0 amide bonds. The van der Waals surface area contributed by atoms with Gasteiger partial charge in [-0.25, -0.2) is 13.1 Å². The van der Waals surface area contributed by atoms with Crippen LogP contribution in [0.25, 0.3) is 0 Å². The predicted octanol–water partition coefficient (Wildman–Crippen LogP) is 1.92. The molecule has 0 saturated heterocycles. The molecule has 1 saturated carbocycles. The van der Waals surface area contributed by atoms with Crippen LogP contribution in [0.2, 0.25) is 0 Å². The molecule has 1 aliphatic rings. The number of nitrogens with one attached hydrogen (secondary N) is 2. The molecule has 5 nitrogen and oxygen atoms in total. The monoisotopic (exact) mass is 283 g/mol. The van der Waals surface area contributed by atoms with Gasteiger partial charge in [0.2, 0.25) is 10.0 Å². The van der Waals surface area contributed by atoms with Gasteiger partial charge in [-0.2, -0.15) is 0 Å². The zero-order valence-electron chi connectivity index (χ0n) is 11.4. The van der Waals surface area contributed by atoms with Gasteiger partial charge in [0.05, 0.1) is 16.3 Å². The van der Waals surface area contributed by atoms with Crippen molar-refractivity contribution < 1.29 is 8.42 Å². The Morgan fingerprint density at radius 3 is 2.58 bits per heavy atom. The molecule has 0 heterocycles. The van der Waals surface area contributed by atoms with Crippen molar-refractivity contribution in [2.24, 2.45) is 0 Å². The zero-order chi connectivity index (χ0) is 14.1. The number of anilines is 2. The Kier molecular flexibility index (Phi) is 3.73. The van der Waals surface area contributed by atoms with Crippen molar-refractivity contribution in [1.82, 2.24) is 4.72 Å². The van der Waals surface area contributed by atoms with E-state index in [0.717, 1.165) is 12.8 Å². The smallest absolute Gasteiger partial charge is 0.240 e. The number of nitrogens with two attached hydrogens (primary N) is 1. The SMILES string of the molecule is CCNS(=O)(=O)c1ccc(N)c(NC2(C)CCC2)c1. The minimum atomic E-state index is -3.44. The van der Waals surface area contributed by atoms with E-state index in [9.17, 15) is 8.42 Å².